The van der Waals surface area contributed by atoms with Crippen LogP contribution in [0, 0.1) is 0 Å². The molecule has 0 amide bonds. The van der Waals surface area contributed by atoms with Crippen molar-refractivity contribution in [1.29, 1.82) is 0 Å². The van der Waals surface area contributed by atoms with Gasteiger partial charge in [0, 0.05) is 11.6 Å². The van der Waals surface area contributed by atoms with Crippen LogP contribution in [0.3, 0.4) is 0 Å². The molecular weight excluding hydrogens is 240 g/mol. The monoisotopic (exact) mass is 254 g/mol. The van der Waals surface area contributed by atoms with Gasteiger partial charge in [-0.1, -0.05) is 11.6 Å². The molecule has 3 nitrogen and oxygen atoms in total. The average molecular weight is 255 g/mol. The lowest BCUT2D eigenvalue weighted by Gasteiger charge is -2.22. The average Bonchev–Trinajstić information content (AvgIpc) is 2.38. The Morgan fingerprint density at radius 3 is 2.76 bits per heavy atom. The normalized spacial score (nSPS) is 19.9. The van der Waals surface area contributed by atoms with E-state index in [2.05, 4.69) is 0 Å². The fourth-order valence-corrected chi connectivity index (χ4v) is 1.90. The van der Waals surface area contributed by atoms with Crippen molar-refractivity contribution in [2.45, 2.75) is 25.4 Å². The molecule has 1 aromatic rings. The molecule has 0 bridgehead atoms. The van der Waals surface area contributed by atoms with Crippen molar-refractivity contribution in [3.8, 4) is 0 Å². The first-order valence-electron chi connectivity index (χ1n) is 5.80. The highest BCUT2D eigenvalue weighted by atomic mass is 35.5. The van der Waals surface area contributed by atoms with E-state index in [1.807, 2.05) is 0 Å². The molecule has 1 aliphatic heterocycles. The lowest BCUT2D eigenvalue weighted by molar-refractivity contribution is -0.0300. The lowest BCUT2D eigenvalue weighted by Crippen LogP contribution is -2.25. The van der Waals surface area contributed by atoms with Gasteiger partial charge < -0.3 is 9.47 Å². The van der Waals surface area contributed by atoms with Gasteiger partial charge in [0.15, 0.2) is 0 Å². The molecule has 1 atom stereocenters. The van der Waals surface area contributed by atoms with Crippen LogP contribution in [0.4, 0.5) is 0 Å². The van der Waals surface area contributed by atoms with Crippen LogP contribution in [-0.4, -0.2) is 25.3 Å². The second-order valence-corrected chi connectivity index (χ2v) is 4.53. The number of carbonyl (C=O) groups excluding carboxylic acids is 1. The third kappa shape index (κ3) is 3.72. The first-order chi connectivity index (χ1) is 8.25. The van der Waals surface area contributed by atoms with Crippen LogP contribution in [0.5, 0.6) is 0 Å². The van der Waals surface area contributed by atoms with Gasteiger partial charge in [0.05, 0.1) is 11.7 Å². The summed E-state index contributed by atoms with van der Waals surface area (Å²) < 4.78 is 10.7. The fourth-order valence-electron chi connectivity index (χ4n) is 1.78. The summed E-state index contributed by atoms with van der Waals surface area (Å²) in [6.45, 7) is 1.10. The molecule has 4 heteroatoms. The van der Waals surface area contributed by atoms with Crippen LogP contribution < -0.4 is 0 Å². The van der Waals surface area contributed by atoms with Crippen LogP contribution >= 0.6 is 11.6 Å². The number of halogens is 1. The Balaban J connectivity index is 1.82. The van der Waals surface area contributed by atoms with Crippen molar-refractivity contribution in [2.24, 2.45) is 0 Å². The molecule has 92 valence electrons. The van der Waals surface area contributed by atoms with Crippen LogP contribution in [0.25, 0.3) is 0 Å². The first kappa shape index (κ1) is 12.4. The molecule has 1 saturated heterocycles. The Morgan fingerprint density at radius 2 is 2.12 bits per heavy atom. The Bertz CT molecular complexity index is 369. The Morgan fingerprint density at radius 1 is 1.35 bits per heavy atom. The summed E-state index contributed by atoms with van der Waals surface area (Å²) in [4.78, 5) is 11.7. The van der Waals surface area contributed by atoms with Crippen molar-refractivity contribution in [3.05, 3.63) is 34.9 Å². The van der Waals surface area contributed by atoms with Gasteiger partial charge >= 0.3 is 5.97 Å². The van der Waals surface area contributed by atoms with Crippen LogP contribution in [0.15, 0.2) is 24.3 Å². The highest BCUT2D eigenvalue weighted by Gasteiger charge is 2.16. The molecule has 0 N–H and O–H groups in total. The Labute approximate surface area is 106 Å². The van der Waals surface area contributed by atoms with E-state index in [4.69, 9.17) is 21.1 Å². The smallest absolute Gasteiger partial charge is 0.338 e. The molecule has 1 unspecified atom stereocenters. The predicted octanol–water partition coefficient (Wildman–Crippen LogP) is 3.07. The molecule has 0 spiro atoms. The summed E-state index contributed by atoms with van der Waals surface area (Å²) in [5.74, 6) is -0.323. The predicted molar refractivity (Wildman–Crippen MR) is 65.3 cm³/mol. The van der Waals surface area contributed by atoms with Crippen LogP contribution in [0.2, 0.25) is 5.02 Å². The van der Waals surface area contributed by atoms with E-state index in [0.717, 1.165) is 25.9 Å². The molecule has 1 heterocycles. The second kappa shape index (κ2) is 6.03. The largest absolute Gasteiger partial charge is 0.459 e. The van der Waals surface area contributed by atoms with E-state index in [9.17, 15) is 4.79 Å². The summed E-state index contributed by atoms with van der Waals surface area (Å²) in [5.41, 5.74) is 0.519. The third-order valence-electron chi connectivity index (χ3n) is 2.75. The molecule has 1 fully saturated rings. The summed E-state index contributed by atoms with van der Waals surface area (Å²) in [6.07, 6.45) is 3.26. The number of benzene rings is 1. The zero-order valence-electron chi connectivity index (χ0n) is 9.52. The summed E-state index contributed by atoms with van der Waals surface area (Å²) >= 11 is 5.74. The fraction of sp³-hybridized carbons (Fsp3) is 0.462. The number of hydrogen-bond acceptors (Lipinski definition) is 3. The molecule has 17 heavy (non-hydrogen) atoms. The number of ether oxygens (including phenoxy) is 2. The van der Waals surface area contributed by atoms with Gasteiger partial charge in [0.25, 0.3) is 0 Å². The van der Waals surface area contributed by atoms with E-state index in [1.165, 1.54) is 0 Å². The number of carbonyl (C=O) groups is 1. The molecule has 1 aliphatic rings. The van der Waals surface area contributed by atoms with Gasteiger partial charge in [-0.05, 0) is 43.5 Å². The minimum atomic E-state index is -0.323. The lowest BCUT2D eigenvalue weighted by atomic mass is 10.1. The molecule has 2 rings (SSSR count). The molecule has 1 aromatic carbocycles. The maximum absolute atomic E-state index is 11.7. The van der Waals surface area contributed by atoms with E-state index >= 15 is 0 Å². The highest BCUT2D eigenvalue weighted by Crippen LogP contribution is 2.14. The Kier molecular flexibility index (Phi) is 4.40. The topological polar surface area (TPSA) is 35.5 Å². The van der Waals surface area contributed by atoms with Crippen LogP contribution in [0.1, 0.15) is 29.6 Å². The standard InChI is InChI=1S/C13H15ClO3/c14-11-6-4-10(5-7-11)13(15)17-9-12-3-1-2-8-16-12/h4-7,12H,1-3,8-9H2. The zero-order chi connectivity index (χ0) is 12.1. The van der Waals surface area contributed by atoms with Crippen molar-refractivity contribution in [1.82, 2.24) is 0 Å². The summed E-state index contributed by atoms with van der Waals surface area (Å²) in [5, 5.41) is 0.608. The zero-order valence-corrected chi connectivity index (χ0v) is 10.3. The summed E-state index contributed by atoms with van der Waals surface area (Å²) in [7, 11) is 0. The van der Waals surface area contributed by atoms with Gasteiger partial charge in [-0.3, -0.25) is 0 Å². The SMILES string of the molecule is O=C(OCC1CCCCO1)c1ccc(Cl)cc1. The quantitative estimate of drug-likeness (QED) is 0.778. The van der Waals surface area contributed by atoms with Gasteiger partial charge in [-0.2, -0.15) is 0 Å². The van der Waals surface area contributed by atoms with Gasteiger partial charge in [0.2, 0.25) is 0 Å². The second-order valence-electron chi connectivity index (χ2n) is 4.09. The molecule has 0 radical (unpaired) electrons. The highest BCUT2D eigenvalue weighted by molar-refractivity contribution is 6.30. The molecular formula is C13H15ClO3. The van der Waals surface area contributed by atoms with E-state index in [-0.39, 0.29) is 12.1 Å². The van der Waals surface area contributed by atoms with E-state index < -0.39 is 0 Å². The van der Waals surface area contributed by atoms with Crippen molar-refractivity contribution < 1.29 is 14.3 Å². The molecule has 0 aromatic heterocycles. The first-order valence-corrected chi connectivity index (χ1v) is 6.18. The molecule has 0 aliphatic carbocycles. The van der Waals surface area contributed by atoms with E-state index in [0.29, 0.717) is 17.2 Å². The van der Waals surface area contributed by atoms with Gasteiger partial charge in [-0.25, -0.2) is 4.79 Å². The number of hydrogen-bond donors (Lipinski definition) is 0. The number of rotatable bonds is 3. The number of esters is 1. The van der Waals surface area contributed by atoms with Gasteiger partial charge in [0.1, 0.15) is 6.61 Å². The van der Waals surface area contributed by atoms with Crippen molar-refractivity contribution >= 4 is 17.6 Å². The molecule has 0 saturated carbocycles. The van der Waals surface area contributed by atoms with E-state index in [1.54, 1.807) is 24.3 Å². The van der Waals surface area contributed by atoms with Crippen LogP contribution in [-0.2, 0) is 9.47 Å². The maximum atomic E-state index is 11.7. The Hall–Kier alpha value is -1.06. The van der Waals surface area contributed by atoms with Gasteiger partial charge in [-0.15, -0.1) is 0 Å². The third-order valence-corrected chi connectivity index (χ3v) is 3.01. The van der Waals surface area contributed by atoms with Crippen molar-refractivity contribution in [3.63, 3.8) is 0 Å². The summed E-state index contributed by atoms with van der Waals surface area (Å²) in [6, 6.07) is 6.67. The minimum Gasteiger partial charge on any atom is -0.459 e. The van der Waals surface area contributed by atoms with Crippen molar-refractivity contribution in [2.75, 3.05) is 13.2 Å². The minimum absolute atomic E-state index is 0.0556. The maximum Gasteiger partial charge on any atom is 0.338 e.